The summed E-state index contributed by atoms with van der Waals surface area (Å²) < 4.78 is 40.8. The maximum atomic E-state index is 12.0. The lowest BCUT2D eigenvalue weighted by Crippen LogP contribution is -2.43. The normalized spacial score (nSPS) is 14.8. The second-order valence-electron chi connectivity index (χ2n) is 2.46. The van der Waals surface area contributed by atoms with Gasteiger partial charge in [0.05, 0.1) is 6.61 Å². The van der Waals surface area contributed by atoms with E-state index in [0.717, 1.165) is 6.42 Å². The number of hydrogen-bond donors (Lipinski definition) is 1. The molecule has 0 aliphatic rings. The number of rotatable bonds is 5. The Labute approximate surface area is 70.1 Å². The molecule has 5 heteroatoms. The summed E-state index contributed by atoms with van der Waals surface area (Å²) >= 11 is 0. The monoisotopic (exact) mass is 185 g/mol. The highest BCUT2D eigenvalue weighted by Gasteiger charge is 2.38. The van der Waals surface area contributed by atoms with Crippen LogP contribution in [0.5, 0.6) is 0 Å². The molecule has 0 aromatic carbocycles. The number of alkyl halides is 3. The Bertz CT molecular complexity index is 116. The third kappa shape index (κ3) is 4.56. The van der Waals surface area contributed by atoms with Crippen LogP contribution in [0.1, 0.15) is 13.3 Å². The van der Waals surface area contributed by atoms with Gasteiger partial charge in [-0.05, 0) is 13.5 Å². The average Bonchev–Trinajstić information content (AvgIpc) is 1.95. The summed E-state index contributed by atoms with van der Waals surface area (Å²) in [5, 5.41) is 2.15. The first-order valence-electron chi connectivity index (χ1n) is 3.84. The van der Waals surface area contributed by atoms with Gasteiger partial charge in [0.25, 0.3) is 0 Å². The molecule has 0 bridgehead atoms. The average molecular weight is 185 g/mol. The van der Waals surface area contributed by atoms with Crippen LogP contribution in [0.15, 0.2) is 0 Å². The van der Waals surface area contributed by atoms with Crippen LogP contribution in [0.25, 0.3) is 0 Å². The minimum absolute atomic E-state index is 0.312. The summed E-state index contributed by atoms with van der Waals surface area (Å²) in [6.07, 6.45) is -3.49. The third-order valence-electron chi connectivity index (χ3n) is 1.38. The quantitative estimate of drug-likeness (QED) is 0.656. The number of likely N-dealkylation sites (N-methyl/N-ethyl adjacent to an activating group) is 1. The first-order valence-corrected chi connectivity index (χ1v) is 3.84. The standard InChI is InChI=1S/C7H14F3NO/c1-3-4-12-5-6(11-2)7(8,9)10/h6,11H,3-5H2,1-2H3. The minimum atomic E-state index is -4.22. The summed E-state index contributed by atoms with van der Waals surface area (Å²) in [7, 11) is 1.27. The molecule has 0 heterocycles. The van der Waals surface area contributed by atoms with Crippen molar-refractivity contribution in [2.24, 2.45) is 0 Å². The van der Waals surface area contributed by atoms with Crippen molar-refractivity contribution in [2.75, 3.05) is 20.3 Å². The van der Waals surface area contributed by atoms with Crippen LogP contribution in [0.4, 0.5) is 13.2 Å². The maximum Gasteiger partial charge on any atom is 0.406 e. The highest BCUT2D eigenvalue weighted by molar-refractivity contribution is 4.72. The van der Waals surface area contributed by atoms with Crippen molar-refractivity contribution >= 4 is 0 Å². The van der Waals surface area contributed by atoms with Gasteiger partial charge in [0.2, 0.25) is 0 Å². The SMILES string of the molecule is CCCOCC(NC)C(F)(F)F. The van der Waals surface area contributed by atoms with E-state index in [1.165, 1.54) is 7.05 Å². The lowest BCUT2D eigenvalue weighted by atomic mass is 10.3. The van der Waals surface area contributed by atoms with Crippen LogP contribution in [0, 0.1) is 0 Å². The minimum Gasteiger partial charge on any atom is -0.379 e. The first-order chi connectivity index (χ1) is 5.52. The molecule has 0 aliphatic heterocycles. The smallest absolute Gasteiger partial charge is 0.379 e. The van der Waals surface area contributed by atoms with E-state index in [4.69, 9.17) is 4.74 Å². The number of ether oxygens (including phenoxy) is 1. The Kier molecular flexibility index (Phi) is 5.24. The van der Waals surface area contributed by atoms with Gasteiger partial charge in [-0.1, -0.05) is 6.92 Å². The fraction of sp³-hybridized carbons (Fsp3) is 1.00. The second kappa shape index (κ2) is 5.37. The van der Waals surface area contributed by atoms with Crippen molar-refractivity contribution in [1.29, 1.82) is 0 Å². The molecule has 1 unspecified atom stereocenters. The first kappa shape index (κ1) is 11.7. The molecule has 0 saturated carbocycles. The van der Waals surface area contributed by atoms with Crippen LogP contribution in [0.2, 0.25) is 0 Å². The Morgan fingerprint density at radius 1 is 1.42 bits per heavy atom. The van der Waals surface area contributed by atoms with Crippen LogP contribution < -0.4 is 5.32 Å². The van der Waals surface area contributed by atoms with E-state index in [1.54, 1.807) is 0 Å². The predicted molar refractivity (Wildman–Crippen MR) is 40.0 cm³/mol. The van der Waals surface area contributed by atoms with E-state index in [9.17, 15) is 13.2 Å². The van der Waals surface area contributed by atoms with Gasteiger partial charge in [-0.2, -0.15) is 13.2 Å². The summed E-state index contributed by atoms with van der Waals surface area (Å²) in [5.41, 5.74) is 0. The van der Waals surface area contributed by atoms with Gasteiger partial charge >= 0.3 is 6.18 Å². The van der Waals surface area contributed by atoms with Crippen LogP contribution >= 0.6 is 0 Å². The predicted octanol–water partition coefficient (Wildman–Crippen LogP) is 1.56. The maximum absolute atomic E-state index is 12.0. The van der Waals surface area contributed by atoms with E-state index in [1.807, 2.05) is 6.92 Å². The summed E-state index contributed by atoms with van der Waals surface area (Å²) in [4.78, 5) is 0. The highest BCUT2D eigenvalue weighted by Crippen LogP contribution is 2.19. The lowest BCUT2D eigenvalue weighted by Gasteiger charge is -2.19. The molecule has 74 valence electrons. The number of halogens is 3. The largest absolute Gasteiger partial charge is 0.406 e. The van der Waals surface area contributed by atoms with E-state index >= 15 is 0 Å². The van der Waals surface area contributed by atoms with Gasteiger partial charge in [-0.25, -0.2) is 0 Å². The van der Waals surface area contributed by atoms with E-state index < -0.39 is 12.2 Å². The van der Waals surface area contributed by atoms with Gasteiger partial charge < -0.3 is 10.1 Å². The summed E-state index contributed by atoms with van der Waals surface area (Å²) in [5.74, 6) is 0. The van der Waals surface area contributed by atoms with Gasteiger partial charge in [0, 0.05) is 6.61 Å². The molecule has 1 N–H and O–H groups in total. The van der Waals surface area contributed by atoms with Gasteiger partial charge in [0.1, 0.15) is 6.04 Å². The van der Waals surface area contributed by atoms with Gasteiger partial charge in [0.15, 0.2) is 0 Å². The van der Waals surface area contributed by atoms with Crippen molar-refractivity contribution in [3.8, 4) is 0 Å². The third-order valence-corrected chi connectivity index (χ3v) is 1.38. The van der Waals surface area contributed by atoms with Gasteiger partial charge in [-0.15, -0.1) is 0 Å². The van der Waals surface area contributed by atoms with Crippen molar-refractivity contribution in [3.63, 3.8) is 0 Å². The molecule has 0 saturated heterocycles. The van der Waals surface area contributed by atoms with Crippen molar-refractivity contribution in [3.05, 3.63) is 0 Å². The molecule has 0 amide bonds. The molecule has 0 aromatic rings. The zero-order valence-electron chi connectivity index (χ0n) is 7.24. The Morgan fingerprint density at radius 3 is 2.33 bits per heavy atom. The van der Waals surface area contributed by atoms with E-state index in [2.05, 4.69) is 5.32 Å². The van der Waals surface area contributed by atoms with Gasteiger partial charge in [-0.3, -0.25) is 0 Å². The second-order valence-corrected chi connectivity index (χ2v) is 2.46. The van der Waals surface area contributed by atoms with Crippen molar-refractivity contribution < 1.29 is 17.9 Å². The fourth-order valence-electron chi connectivity index (χ4n) is 0.687. The Hall–Kier alpha value is -0.290. The zero-order valence-corrected chi connectivity index (χ0v) is 7.24. The Morgan fingerprint density at radius 2 is 2.00 bits per heavy atom. The molecule has 2 nitrogen and oxygen atoms in total. The molecule has 0 spiro atoms. The molecule has 12 heavy (non-hydrogen) atoms. The summed E-state index contributed by atoms with van der Waals surface area (Å²) in [6, 6.07) is -1.55. The summed E-state index contributed by atoms with van der Waals surface area (Å²) in [6.45, 7) is 1.91. The van der Waals surface area contributed by atoms with Crippen molar-refractivity contribution in [1.82, 2.24) is 5.32 Å². The van der Waals surface area contributed by atoms with Crippen LogP contribution in [-0.2, 0) is 4.74 Å². The topological polar surface area (TPSA) is 21.3 Å². The molecular formula is C7H14F3NO. The number of nitrogens with one attached hydrogen (secondary N) is 1. The lowest BCUT2D eigenvalue weighted by molar-refractivity contribution is -0.166. The number of hydrogen-bond acceptors (Lipinski definition) is 2. The molecule has 0 aliphatic carbocycles. The van der Waals surface area contributed by atoms with E-state index in [-0.39, 0.29) is 6.61 Å². The molecular weight excluding hydrogens is 171 g/mol. The van der Waals surface area contributed by atoms with Crippen LogP contribution in [-0.4, -0.2) is 32.5 Å². The van der Waals surface area contributed by atoms with E-state index in [0.29, 0.717) is 6.61 Å². The molecule has 0 radical (unpaired) electrons. The molecule has 0 fully saturated rings. The highest BCUT2D eigenvalue weighted by atomic mass is 19.4. The van der Waals surface area contributed by atoms with Crippen LogP contribution in [0.3, 0.4) is 0 Å². The molecule has 0 rings (SSSR count). The fourth-order valence-corrected chi connectivity index (χ4v) is 0.687. The zero-order chi connectivity index (χ0) is 9.61. The molecule has 0 aromatic heterocycles. The van der Waals surface area contributed by atoms with Crippen molar-refractivity contribution in [2.45, 2.75) is 25.6 Å². The Balaban J connectivity index is 3.68. The molecule has 1 atom stereocenters.